The molecule has 2 aromatic carbocycles. The molecule has 3 heteroatoms. The van der Waals surface area contributed by atoms with Crippen LogP contribution in [0.1, 0.15) is 44.4 Å². The summed E-state index contributed by atoms with van der Waals surface area (Å²) in [7, 11) is 8.43. The quantitative estimate of drug-likeness (QED) is 0.605. The third-order valence-electron chi connectivity index (χ3n) is 2.95. The van der Waals surface area contributed by atoms with E-state index in [-0.39, 0.29) is 0 Å². The molecule has 0 saturated carbocycles. The third-order valence-corrected chi connectivity index (χ3v) is 4.27. The number of fused-ring (bicyclic) bond motifs is 1. The molecule has 0 amide bonds. The Morgan fingerprint density at radius 3 is 1.90 bits per heavy atom. The summed E-state index contributed by atoms with van der Waals surface area (Å²) >= 11 is 0. The molecule has 3 unspecified atom stereocenters. The van der Waals surface area contributed by atoms with Crippen LogP contribution in [0.5, 0.6) is 0 Å². The van der Waals surface area contributed by atoms with Crippen molar-refractivity contribution in [2.45, 2.75) is 46.2 Å². The highest BCUT2D eigenvalue weighted by Gasteiger charge is 2.05. The second-order valence-corrected chi connectivity index (χ2v) is 5.10. The molecule has 0 aromatic heterocycles. The molecule has 0 N–H and O–H groups in total. The van der Waals surface area contributed by atoms with E-state index in [4.69, 9.17) is 0 Å². The Morgan fingerprint density at radius 1 is 0.750 bits per heavy atom. The van der Waals surface area contributed by atoms with Crippen LogP contribution in [-0.4, -0.2) is 0 Å². The molecule has 0 nitrogen and oxygen atoms in total. The molecule has 20 heavy (non-hydrogen) atoms. The molecular weight excluding hydrogens is 297 g/mol. The van der Waals surface area contributed by atoms with Gasteiger partial charge in [-0.2, -0.15) is 0 Å². The van der Waals surface area contributed by atoms with Crippen molar-refractivity contribution in [3.8, 4) is 0 Å². The van der Waals surface area contributed by atoms with E-state index in [1.165, 1.54) is 27.5 Å². The fraction of sp³-hybridized carbons (Fsp3) is 0.412. The maximum Gasteiger partial charge on any atom is -0.0119 e. The van der Waals surface area contributed by atoms with E-state index in [1.54, 1.807) is 0 Å². The minimum Gasteiger partial charge on any atom is -0.133 e. The molecule has 2 rings (SSSR count). The van der Waals surface area contributed by atoms with E-state index < -0.39 is 0 Å². The molecule has 0 radical (unpaired) electrons. The van der Waals surface area contributed by atoms with Crippen LogP contribution in [0.25, 0.3) is 10.8 Å². The fourth-order valence-electron chi connectivity index (χ4n) is 2.05. The van der Waals surface area contributed by atoms with Gasteiger partial charge in [-0.25, -0.2) is 0 Å². The van der Waals surface area contributed by atoms with Gasteiger partial charge < -0.3 is 0 Å². The van der Waals surface area contributed by atoms with E-state index in [0.717, 1.165) is 18.5 Å². The first-order valence-corrected chi connectivity index (χ1v) is 9.88. The summed E-state index contributed by atoms with van der Waals surface area (Å²) in [6, 6.07) is 11.3. The average molecular weight is 326 g/mol. The maximum atomic E-state index is 2.84. The number of hydrogen-bond acceptors (Lipinski definition) is 0. The van der Waals surface area contributed by atoms with Crippen molar-refractivity contribution in [1.82, 2.24) is 0 Å². The summed E-state index contributed by atoms with van der Waals surface area (Å²) in [5.41, 5.74) is 4.28. The zero-order valence-electron chi connectivity index (χ0n) is 13.2. The first kappa shape index (κ1) is 20.0. The zero-order valence-corrected chi connectivity index (χ0v) is 16.7. The number of hydrogen-bond donors (Lipinski definition) is 0. The first-order chi connectivity index (χ1) is 9.80. The van der Waals surface area contributed by atoms with Crippen molar-refractivity contribution in [2.24, 2.45) is 0 Å². The van der Waals surface area contributed by atoms with E-state index in [9.17, 15) is 0 Å². The van der Waals surface area contributed by atoms with Crippen molar-refractivity contribution in [1.29, 1.82) is 0 Å². The number of rotatable bonds is 3. The van der Waals surface area contributed by atoms with Crippen molar-refractivity contribution in [2.75, 3.05) is 0 Å². The lowest BCUT2D eigenvalue weighted by molar-refractivity contribution is 1.31. The second-order valence-electron chi connectivity index (χ2n) is 3.87. The summed E-state index contributed by atoms with van der Waals surface area (Å²) in [6.45, 7) is 8.00. The van der Waals surface area contributed by atoms with Crippen LogP contribution in [0.15, 0.2) is 30.3 Å². The lowest BCUT2D eigenvalue weighted by atomic mass is 9.99. The summed E-state index contributed by atoms with van der Waals surface area (Å²) in [5.74, 6) is 0. The molecular formula is C17H29P3. The van der Waals surface area contributed by atoms with Gasteiger partial charge in [0.2, 0.25) is 0 Å². The van der Waals surface area contributed by atoms with Gasteiger partial charge in [-0.1, -0.05) is 58.0 Å². The van der Waals surface area contributed by atoms with Crippen molar-refractivity contribution in [3.63, 3.8) is 0 Å². The molecule has 0 saturated heterocycles. The van der Waals surface area contributed by atoms with Gasteiger partial charge >= 0.3 is 0 Å². The molecule has 0 aliphatic carbocycles. The van der Waals surface area contributed by atoms with Gasteiger partial charge in [0.15, 0.2) is 0 Å². The molecule has 2 aromatic rings. The molecule has 0 heterocycles. The van der Waals surface area contributed by atoms with Crippen LogP contribution < -0.4 is 0 Å². The highest BCUT2D eigenvalue weighted by Crippen LogP contribution is 2.27. The molecule has 0 fully saturated rings. The van der Waals surface area contributed by atoms with Crippen LogP contribution in [0.4, 0.5) is 0 Å². The molecule has 0 bridgehead atoms. The molecule has 112 valence electrons. The Bertz CT molecular complexity index is 507. The molecule has 0 spiro atoms. The van der Waals surface area contributed by atoms with Crippen LogP contribution >= 0.6 is 27.7 Å². The highest BCUT2D eigenvalue weighted by molar-refractivity contribution is 7.16. The standard InChI is InChI=1S/C13H17P3.2C2H6/c14-6-9-1-4-12-10(5-9)2-3-11(7-15)13(12)8-16;2*1-2/h1-5H,6-8,14-16H2;2*1-2H3. The Balaban J connectivity index is 0.000000829. The average Bonchev–Trinajstić information content (AvgIpc) is 2.56. The Morgan fingerprint density at radius 2 is 1.40 bits per heavy atom. The Labute approximate surface area is 132 Å². The SMILES string of the molecule is CC.CC.PCc1ccc2c(CP)c(CP)ccc2c1. The van der Waals surface area contributed by atoms with E-state index >= 15 is 0 Å². The molecule has 0 aliphatic rings. The van der Waals surface area contributed by atoms with Crippen LogP contribution in [0.2, 0.25) is 0 Å². The summed E-state index contributed by atoms with van der Waals surface area (Å²) in [6.07, 6.45) is 3.09. The topological polar surface area (TPSA) is 0 Å². The van der Waals surface area contributed by atoms with Crippen LogP contribution in [0.3, 0.4) is 0 Å². The monoisotopic (exact) mass is 326 g/mol. The maximum absolute atomic E-state index is 2.84. The number of benzene rings is 2. The van der Waals surface area contributed by atoms with Gasteiger partial charge in [-0.05, 0) is 45.9 Å². The predicted octanol–water partition coefficient (Wildman–Crippen LogP) is 6.02. The third kappa shape index (κ3) is 5.07. The van der Waals surface area contributed by atoms with Crippen LogP contribution in [0, 0.1) is 0 Å². The Kier molecular flexibility index (Phi) is 11.6. The largest absolute Gasteiger partial charge is 0.133 e. The van der Waals surface area contributed by atoms with Gasteiger partial charge in [-0.3, -0.25) is 0 Å². The summed E-state index contributed by atoms with van der Waals surface area (Å²) in [4.78, 5) is 0. The zero-order chi connectivity index (χ0) is 15.5. The predicted molar refractivity (Wildman–Crippen MR) is 107 cm³/mol. The summed E-state index contributed by atoms with van der Waals surface area (Å²) in [5, 5.41) is 2.76. The lowest BCUT2D eigenvalue weighted by Crippen LogP contribution is -1.90. The lowest BCUT2D eigenvalue weighted by Gasteiger charge is -2.11. The van der Waals surface area contributed by atoms with Crippen molar-refractivity contribution >= 4 is 38.5 Å². The van der Waals surface area contributed by atoms with Crippen LogP contribution in [-0.2, 0) is 18.5 Å². The van der Waals surface area contributed by atoms with Gasteiger partial charge in [-0.15, -0.1) is 27.7 Å². The van der Waals surface area contributed by atoms with Crippen molar-refractivity contribution in [3.05, 3.63) is 47.0 Å². The van der Waals surface area contributed by atoms with Crippen molar-refractivity contribution < 1.29 is 0 Å². The van der Waals surface area contributed by atoms with E-state index in [0.29, 0.717) is 0 Å². The van der Waals surface area contributed by atoms with E-state index in [1.807, 2.05) is 27.7 Å². The highest BCUT2D eigenvalue weighted by atomic mass is 31.0. The van der Waals surface area contributed by atoms with Gasteiger partial charge in [0.25, 0.3) is 0 Å². The van der Waals surface area contributed by atoms with Gasteiger partial charge in [0.1, 0.15) is 0 Å². The normalized spacial score (nSPS) is 9.35. The van der Waals surface area contributed by atoms with E-state index in [2.05, 4.69) is 58.1 Å². The first-order valence-electron chi connectivity index (χ1n) is 7.43. The van der Waals surface area contributed by atoms with Gasteiger partial charge in [0.05, 0.1) is 0 Å². The Hall–Kier alpha value is -0.0100. The fourth-order valence-corrected chi connectivity index (χ4v) is 3.17. The molecule has 0 aliphatic heterocycles. The second kappa shape index (κ2) is 11.6. The molecule has 3 atom stereocenters. The summed E-state index contributed by atoms with van der Waals surface area (Å²) < 4.78 is 0. The van der Waals surface area contributed by atoms with Gasteiger partial charge in [0, 0.05) is 0 Å². The smallest absolute Gasteiger partial charge is 0.0119 e. The minimum absolute atomic E-state index is 1.03. The minimum atomic E-state index is 1.03.